The van der Waals surface area contributed by atoms with Crippen molar-refractivity contribution >= 4 is 56.9 Å². The summed E-state index contributed by atoms with van der Waals surface area (Å²) < 4.78 is 5.37. The molecule has 0 saturated heterocycles. The number of nitrogens with zero attached hydrogens (tertiary/aromatic N) is 2. The summed E-state index contributed by atoms with van der Waals surface area (Å²) in [5, 5.41) is 7.56. The van der Waals surface area contributed by atoms with Crippen LogP contribution in [-0.4, -0.2) is 29.9 Å². The topological polar surface area (TPSA) is 71.5 Å². The van der Waals surface area contributed by atoms with Gasteiger partial charge in [-0.3, -0.25) is 14.5 Å². The van der Waals surface area contributed by atoms with Crippen molar-refractivity contribution in [3.63, 3.8) is 0 Å². The Morgan fingerprint density at radius 1 is 1.35 bits per heavy atom. The number of hydrogen-bond acceptors (Lipinski definition) is 6. The zero-order valence-corrected chi connectivity index (χ0v) is 15.7. The molecule has 0 unspecified atom stereocenters. The first-order valence-corrected chi connectivity index (χ1v) is 9.76. The highest BCUT2D eigenvalue weighted by molar-refractivity contribution is 7.16. The van der Waals surface area contributed by atoms with Crippen molar-refractivity contribution in [2.75, 3.05) is 23.4 Å². The summed E-state index contributed by atoms with van der Waals surface area (Å²) in [6.07, 6.45) is 0. The number of carbonyl (C=O) groups excluding carboxylic acids is 2. The van der Waals surface area contributed by atoms with Crippen LogP contribution in [0.4, 0.5) is 10.8 Å². The van der Waals surface area contributed by atoms with Gasteiger partial charge in [-0.1, -0.05) is 17.7 Å². The lowest BCUT2D eigenvalue weighted by atomic mass is 10.2. The Morgan fingerprint density at radius 3 is 3.04 bits per heavy atom. The third-order valence-corrected chi connectivity index (χ3v) is 5.58. The van der Waals surface area contributed by atoms with E-state index in [0.717, 1.165) is 10.6 Å². The Bertz CT molecular complexity index is 972. The van der Waals surface area contributed by atoms with Crippen LogP contribution in [0.5, 0.6) is 5.75 Å². The number of ether oxygens (including phenoxy) is 1. The number of thiazole rings is 1. The number of aromatic nitrogens is 1. The van der Waals surface area contributed by atoms with Gasteiger partial charge in [0, 0.05) is 10.4 Å². The smallest absolute Gasteiger partial charge is 0.265 e. The number of nitrogens with one attached hydrogen (secondary N) is 1. The summed E-state index contributed by atoms with van der Waals surface area (Å²) in [6, 6.07) is 8.89. The molecular weight excluding hydrogens is 394 g/mol. The fraction of sp³-hybridized carbons (Fsp3) is 0.118. The number of halogens is 1. The number of fused-ring (bicyclic) bond motifs is 1. The van der Waals surface area contributed by atoms with Crippen LogP contribution in [0.1, 0.15) is 0 Å². The van der Waals surface area contributed by atoms with E-state index in [1.807, 2.05) is 22.9 Å². The molecule has 6 nitrogen and oxygen atoms in total. The van der Waals surface area contributed by atoms with Crippen molar-refractivity contribution in [2.45, 2.75) is 0 Å². The zero-order valence-electron chi connectivity index (χ0n) is 13.3. The number of carbonyl (C=O) groups is 2. The maximum Gasteiger partial charge on any atom is 0.265 e. The molecule has 2 aromatic heterocycles. The van der Waals surface area contributed by atoms with Gasteiger partial charge in [-0.15, -0.1) is 22.7 Å². The summed E-state index contributed by atoms with van der Waals surface area (Å²) in [7, 11) is 0. The molecule has 0 spiro atoms. The molecule has 0 fully saturated rings. The Balaban J connectivity index is 1.48. The number of benzene rings is 1. The van der Waals surface area contributed by atoms with Crippen molar-refractivity contribution in [3.8, 4) is 16.3 Å². The second kappa shape index (κ2) is 7.06. The minimum absolute atomic E-state index is 0.109. The highest BCUT2D eigenvalue weighted by atomic mass is 35.5. The molecule has 9 heteroatoms. The van der Waals surface area contributed by atoms with E-state index in [0.29, 0.717) is 21.6 Å². The van der Waals surface area contributed by atoms with Crippen molar-refractivity contribution in [2.24, 2.45) is 0 Å². The van der Waals surface area contributed by atoms with Gasteiger partial charge in [0.05, 0.1) is 16.3 Å². The molecule has 1 aliphatic heterocycles. The van der Waals surface area contributed by atoms with Crippen LogP contribution in [0.2, 0.25) is 5.02 Å². The largest absolute Gasteiger partial charge is 0.482 e. The van der Waals surface area contributed by atoms with Gasteiger partial charge >= 0.3 is 0 Å². The molecule has 2 amide bonds. The Hall–Kier alpha value is -2.42. The first-order valence-electron chi connectivity index (χ1n) is 7.62. The normalized spacial score (nSPS) is 13.3. The minimum atomic E-state index is -0.335. The number of rotatable bonds is 4. The SMILES string of the molecule is O=C(CN1C(=O)COc2ccc(Cl)cc21)Nc1nc(-c2cccs2)cs1. The summed E-state index contributed by atoms with van der Waals surface area (Å²) in [5.74, 6) is -0.109. The van der Waals surface area contributed by atoms with Crippen LogP contribution in [0.3, 0.4) is 0 Å². The quantitative estimate of drug-likeness (QED) is 0.714. The molecule has 0 aliphatic carbocycles. The molecule has 26 heavy (non-hydrogen) atoms. The highest BCUT2D eigenvalue weighted by Crippen LogP contribution is 2.34. The minimum Gasteiger partial charge on any atom is -0.482 e. The fourth-order valence-electron chi connectivity index (χ4n) is 2.52. The van der Waals surface area contributed by atoms with Crippen LogP contribution in [-0.2, 0) is 9.59 Å². The van der Waals surface area contributed by atoms with Crippen LogP contribution in [0.15, 0.2) is 41.1 Å². The number of amides is 2. The molecule has 0 atom stereocenters. The van der Waals surface area contributed by atoms with Gasteiger partial charge < -0.3 is 10.1 Å². The first kappa shape index (κ1) is 17.0. The number of thiophene rings is 1. The summed E-state index contributed by atoms with van der Waals surface area (Å²) in [6.45, 7) is -0.245. The van der Waals surface area contributed by atoms with Gasteiger partial charge in [0.15, 0.2) is 11.7 Å². The number of anilines is 2. The van der Waals surface area contributed by atoms with Crippen LogP contribution in [0, 0.1) is 0 Å². The van der Waals surface area contributed by atoms with E-state index in [-0.39, 0.29) is 25.0 Å². The highest BCUT2D eigenvalue weighted by Gasteiger charge is 2.27. The maximum absolute atomic E-state index is 12.4. The Kier molecular flexibility index (Phi) is 4.62. The van der Waals surface area contributed by atoms with Crippen LogP contribution in [0.25, 0.3) is 10.6 Å². The van der Waals surface area contributed by atoms with E-state index >= 15 is 0 Å². The molecule has 0 bridgehead atoms. The van der Waals surface area contributed by atoms with E-state index in [9.17, 15) is 9.59 Å². The lowest BCUT2D eigenvalue weighted by molar-refractivity contribution is -0.123. The van der Waals surface area contributed by atoms with Crippen molar-refractivity contribution in [3.05, 3.63) is 46.1 Å². The van der Waals surface area contributed by atoms with Gasteiger partial charge in [0.25, 0.3) is 5.91 Å². The van der Waals surface area contributed by atoms with Gasteiger partial charge in [-0.25, -0.2) is 4.98 Å². The molecule has 3 heterocycles. The molecule has 0 radical (unpaired) electrons. The second-order valence-electron chi connectivity index (χ2n) is 5.44. The summed E-state index contributed by atoms with van der Waals surface area (Å²) in [4.78, 5) is 31.4. The lowest BCUT2D eigenvalue weighted by Crippen LogP contribution is -2.43. The molecule has 3 aromatic rings. The maximum atomic E-state index is 12.4. The summed E-state index contributed by atoms with van der Waals surface area (Å²) >= 11 is 8.93. The van der Waals surface area contributed by atoms with E-state index in [1.165, 1.54) is 16.2 Å². The van der Waals surface area contributed by atoms with Gasteiger partial charge in [-0.05, 0) is 29.6 Å². The van der Waals surface area contributed by atoms with Crippen LogP contribution < -0.4 is 15.0 Å². The van der Waals surface area contributed by atoms with Gasteiger partial charge in [0.2, 0.25) is 5.91 Å². The van der Waals surface area contributed by atoms with Crippen LogP contribution >= 0.6 is 34.3 Å². The lowest BCUT2D eigenvalue weighted by Gasteiger charge is -2.28. The van der Waals surface area contributed by atoms with E-state index in [1.54, 1.807) is 29.5 Å². The summed E-state index contributed by atoms with van der Waals surface area (Å²) in [5.41, 5.74) is 1.31. The molecule has 132 valence electrons. The molecular formula is C17H12ClN3O3S2. The fourth-order valence-corrected chi connectivity index (χ4v) is 4.17. The van der Waals surface area contributed by atoms with Gasteiger partial charge in [0.1, 0.15) is 12.3 Å². The third kappa shape index (κ3) is 3.44. The average molecular weight is 406 g/mol. The third-order valence-electron chi connectivity index (χ3n) is 3.69. The second-order valence-corrected chi connectivity index (χ2v) is 7.69. The Labute approximate surface area is 162 Å². The van der Waals surface area contributed by atoms with E-state index < -0.39 is 0 Å². The average Bonchev–Trinajstić information content (AvgIpc) is 3.29. The van der Waals surface area contributed by atoms with Crippen molar-refractivity contribution in [1.82, 2.24) is 4.98 Å². The zero-order chi connectivity index (χ0) is 18.1. The standard InChI is InChI=1S/C17H12ClN3O3S2/c18-10-3-4-13-12(6-10)21(16(23)8-24-13)7-15(22)20-17-19-11(9-26-17)14-2-1-5-25-14/h1-6,9H,7-8H2,(H,19,20,22). The molecule has 1 N–H and O–H groups in total. The first-order chi connectivity index (χ1) is 12.6. The Morgan fingerprint density at radius 2 is 2.23 bits per heavy atom. The van der Waals surface area contributed by atoms with Gasteiger partial charge in [-0.2, -0.15) is 0 Å². The van der Waals surface area contributed by atoms with Crippen molar-refractivity contribution in [1.29, 1.82) is 0 Å². The molecule has 1 aliphatic rings. The monoisotopic (exact) mass is 405 g/mol. The number of hydrogen-bond donors (Lipinski definition) is 1. The van der Waals surface area contributed by atoms with Crippen molar-refractivity contribution < 1.29 is 14.3 Å². The van der Waals surface area contributed by atoms with E-state index in [2.05, 4.69) is 10.3 Å². The van der Waals surface area contributed by atoms with E-state index in [4.69, 9.17) is 16.3 Å². The predicted molar refractivity (Wildman–Crippen MR) is 103 cm³/mol. The molecule has 1 aromatic carbocycles. The molecule has 4 rings (SSSR count). The predicted octanol–water partition coefficient (Wildman–Crippen LogP) is 3.89. The molecule has 0 saturated carbocycles.